The lowest BCUT2D eigenvalue weighted by Crippen LogP contribution is -2.24. The number of carbonyl (C=O) groups excluding carboxylic acids is 1. The molecule has 0 atom stereocenters. The highest BCUT2D eigenvalue weighted by atomic mass is 16.5. The van der Waals surface area contributed by atoms with Crippen LogP contribution in [-0.2, 0) is 11.3 Å². The molecule has 1 N–H and O–H groups in total. The zero-order valence-corrected chi connectivity index (χ0v) is 12.4. The van der Waals surface area contributed by atoms with Gasteiger partial charge in [-0.05, 0) is 36.5 Å². The van der Waals surface area contributed by atoms with Crippen molar-refractivity contribution in [1.82, 2.24) is 5.32 Å². The number of hydrogen-bond acceptors (Lipinski definition) is 2. The van der Waals surface area contributed by atoms with Crippen molar-refractivity contribution >= 4 is 5.91 Å². The summed E-state index contributed by atoms with van der Waals surface area (Å²) in [5.74, 6) is 0.931. The molecule has 110 valence electrons. The molecule has 3 heteroatoms. The van der Waals surface area contributed by atoms with E-state index < -0.39 is 0 Å². The van der Waals surface area contributed by atoms with Gasteiger partial charge in [-0.3, -0.25) is 4.79 Å². The molecule has 0 bridgehead atoms. The Labute approximate surface area is 121 Å². The fourth-order valence-corrected chi connectivity index (χ4v) is 2.91. The normalized spacial score (nSPS) is 15.4. The third-order valence-corrected chi connectivity index (χ3v) is 4.08. The van der Waals surface area contributed by atoms with Crippen molar-refractivity contribution in [2.75, 3.05) is 13.7 Å². The smallest absolute Gasteiger partial charge is 0.251 e. The van der Waals surface area contributed by atoms with Gasteiger partial charge in [-0.15, -0.1) is 0 Å². The lowest BCUT2D eigenvalue weighted by molar-refractivity contribution is 0.0952. The van der Waals surface area contributed by atoms with Crippen molar-refractivity contribution < 1.29 is 9.53 Å². The van der Waals surface area contributed by atoms with Crippen LogP contribution in [0.15, 0.2) is 24.3 Å². The van der Waals surface area contributed by atoms with Gasteiger partial charge in [-0.2, -0.15) is 0 Å². The number of nitrogens with one attached hydrogen (secondary N) is 1. The van der Waals surface area contributed by atoms with Crippen molar-refractivity contribution in [1.29, 1.82) is 0 Å². The molecule has 1 aromatic carbocycles. The minimum atomic E-state index is 0.0281. The highest BCUT2D eigenvalue weighted by Gasteiger charge is 2.14. The topological polar surface area (TPSA) is 38.3 Å². The molecule has 3 nitrogen and oxygen atoms in total. The van der Waals surface area contributed by atoms with E-state index in [0.717, 1.165) is 30.0 Å². The Morgan fingerprint density at radius 2 is 1.95 bits per heavy atom. The molecular weight excluding hydrogens is 250 g/mol. The average molecular weight is 275 g/mol. The molecule has 1 amide bonds. The highest BCUT2D eigenvalue weighted by molar-refractivity contribution is 5.94. The SMILES string of the molecule is COCc1ccc(C(=O)NCCCC2CCCC2)cc1. The molecule has 1 aliphatic carbocycles. The molecule has 0 aliphatic heterocycles. The maximum absolute atomic E-state index is 12.0. The quantitative estimate of drug-likeness (QED) is 0.773. The lowest BCUT2D eigenvalue weighted by atomic mass is 10.0. The van der Waals surface area contributed by atoms with Gasteiger partial charge in [-0.25, -0.2) is 0 Å². The molecule has 0 unspecified atom stereocenters. The van der Waals surface area contributed by atoms with Gasteiger partial charge < -0.3 is 10.1 Å². The van der Waals surface area contributed by atoms with E-state index in [9.17, 15) is 4.79 Å². The van der Waals surface area contributed by atoms with E-state index in [2.05, 4.69) is 5.32 Å². The molecule has 1 aromatic rings. The number of methoxy groups -OCH3 is 1. The fraction of sp³-hybridized carbons (Fsp3) is 0.588. The van der Waals surface area contributed by atoms with Crippen LogP contribution >= 0.6 is 0 Å². The Bertz CT molecular complexity index is 408. The van der Waals surface area contributed by atoms with E-state index in [4.69, 9.17) is 4.74 Å². The highest BCUT2D eigenvalue weighted by Crippen LogP contribution is 2.28. The standard InChI is InChI=1S/C17H25NO2/c1-20-13-15-8-10-16(11-9-15)17(19)18-12-4-7-14-5-2-3-6-14/h8-11,14H,2-7,12-13H2,1H3,(H,18,19). The molecule has 1 saturated carbocycles. The zero-order valence-electron chi connectivity index (χ0n) is 12.4. The van der Waals surface area contributed by atoms with Crippen molar-refractivity contribution in [3.8, 4) is 0 Å². The van der Waals surface area contributed by atoms with Crippen LogP contribution in [0.2, 0.25) is 0 Å². The monoisotopic (exact) mass is 275 g/mol. The van der Waals surface area contributed by atoms with E-state index in [-0.39, 0.29) is 5.91 Å². The minimum Gasteiger partial charge on any atom is -0.380 e. The summed E-state index contributed by atoms with van der Waals surface area (Å²) in [7, 11) is 1.67. The summed E-state index contributed by atoms with van der Waals surface area (Å²) in [6.45, 7) is 1.37. The molecule has 0 aromatic heterocycles. The summed E-state index contributed by atoms with van der Waals surface area (Å²) in [6.07, 6.45) is 7.91. The molecule has 0 radical (unpaired) electrons. The maximum Gasteiger partial charge on any atom is 0.251 e. The predicted molar refractivity (Wildman–Crippen MR) is 80.7 cm³/mol. The second-order valence-electron chi connectivity index (χ2n) is 5.68. The summed E-state index contributed by atoms with van der Waals surface area (Å²) in [5.41, 5.74) is 1.82. The first-order valence-corrected chi connectivity index (χ1v) is 7.65. The van der Waals surface area contributed by atoms with Gasteiger partial charge in [0.25, 0.3) is 5.91 Å². The first-order chi connectivity index (χ1) is 9.79. The second-order valence-corrected chi connectivity index (χ2v) is 5.68. The van der Waals surface area contributed by atoms with Crippen LogP contribution in [0.25, 0.3) is 0 Å². The Hall–Kier alpha value is -1.35. The van der Waals surface area contributed by atoms with Crippen LogP contribution in [0.3, 0.4) is 0 Å². The first kappa shape index (κ1) is 15.0. The Kier molecular flexibility index (Phi) is 6.06. The first-order valence-electron chi connectivity index (χ1n) is 7.65. The van der Waals surface area contributed by atoms with Crippen molar-refractivity contribution in [3.05, 3.63) is 35.4 Å². The summed E-state index contributed by atoms with van der Waals surface area (Å²) in [4.78, 5) is 12.0. The van der Waals surface area contributed by atoms with Gasteiger partial charge in [0.05, 0.1) is 6.61 Å². The molecule has 1 fully saturated rings. The Balaban J connectivity index is 1.68. The van der Waals surface area contributed by atoms with Gasteiger partial charge in [0.2, 0.25) is 0 Å². The largest absolute Gasteiger partial charge is 0.380 e. The van der Waals surface area contributed by atoms with Crippen LogP contribution in [0.5, 0.6) is 0 Å². The number of ether oxygens (including phenoxy) is 1. The fourth-order valence-electron chi connectivity index (χ4n) is 2.91. The molecule has 0 spiro atoms. The Morgan fingerprint density at radius 1 is 1.25 bits per heavy atom. The average Bonchev–Trinajstić information content (AvgIpc) is 2.98. The molecule has 0 heterocycles. The van der Waals surface area contributed by atoms with E-state index in [1.165, 1.54) is 32.1 Å². The number of amides is 1. The van der Waals surface area contributed by atoms with Crippen molar-refractivity contribution in [2.45, 2.75) is 45.1 Å². The number of rotatable bonds is 7. The van der Waals surface area contributed by atoms with E-state index >= 15 is 0 Å². The summed E-state index contributed by atoms with van der Waals surface area (Å²) >= 11 is 0. The summed E-state index contributed by atoms with van der Waals surface area (Å²) in [6, 6.07) is 7.61. The van der Waals surface area contributed by atoms with Crippen LogP contribution in [0.4, 0.5) is 0 Å². The van der Waals surface area contributed by atoms with E-state index in [1.807, 2.05) is 24.3 Å². The molecule has 2 rings (SSSR count). The minimum absolute atomic E-state index is 0.0281. The van der Waals surface area contributed by atoms with Crippen molar-refractivity contribution in [2.24, 2.45) is 5.92 Å². The van der Waals surface area contributed by atoms with Crippen molar-refractivity contribution in [3.63, 3.8) is 0 Å². The van der Waals surface area contributed by atoms with E-state index in [1.54, 1.807) is 7.11 Å². The van der Waals surface area contributed by atoms with Crippen LogP contribution in [-0.4, -0.2) is 19.6 Å². The number of benzene rings is 1. The number of hydrogen-bond donors (Lipinski definition) is 1. The van der Waals surface area contributed by atoms with Gasteiger partial charge in [0.1, 0.15) is 0 Å². The molecule has 1 aliphatic rings. The van der Waals surface area contributed by atoms with Gasteiger partial charge in [0, 0.05) is 19.2 Å². The van der Waals surface area contributed by atoms with Crippen LogP contribution in [0, 0.1) is 5.92 Å². The maximum atomic E-state index is 12.0. The Morgan fingerprint density at radius 3 is 2.60 bits per heavy atom. The zero-order chi connectivity index (χ0) is 14.2. The van der Waals surface area contributed by atoms with Gasteiger partial charge >= 0.3 is 0 Å². The summed E-state index contributed by atoms with van der Waals surface area (Å²) in [5, 5.41) is 3.00. The third-order valence-electron chi connectivity index (χ3n) is 4.08. The van der Waals surface area contributed by atoms with Gasteiger partial charge in [-0.1, -0.05) is 37.8 Å². The second kappa shape index (κ2) is 8.05. The third kappa shape index (κ3) is 4.64. The molecule has 0 saturated heterocycles. The van der Waals surface area contributed by atoms with Gasteiger partial charge in [0.15, 0.2) is 0 Å². The van der Waals surface area contributed by atoms with Crippen LogP contribution in [0.1, 0.15) is 54.4 Å². The number of carbonyl (C=O) groups is 1. The summed E-state index contributed by atoms with van der Waals surface area (Å²) < 4.78 is 5.06. The van der Waals surface area contributed by atoms with E-state index in [0.29, 0.717) is 6.61 Å². The predicted octanol–water partition coefficient (Wildman–Crippen LogP) is 3.53. The molecular formula is C17H25NO2. The lowest BCUT2D eigenvalue weighted by Gasteiger charge is -2.09. The molecule has 20 heavy (non-hydrogen) atoms. The van der Waals surface area contributed by atoms with Crippen LogP contribution < -0.4 is 5.32 Å².